The monoisotopic (exact) mass is 333 g/mol. The van der Waals surface area contributed by atoms with E-state index in [0.29, 0.717) is 16.7 Å². The van der Waals surface area contributed by atoms with Crippen molar-refractivity contribution in [2.24, 2.45) is 0 Å². The second-order valence-corrected chi connectivity index (χ2v) is 5.46. The van der Waals surface area contributed by atoms with Crippen molar-refractivity contribution in [1.82, 2.24) is 4.98 Å². The quantitative estimate of drug-likeness (QED) is 0.546. The van der Waals surface area contributed by atoms with Crippen molar-refractivity contribution in [3.05, 3.63) is 70.4 Å². The lowest BCUT2D eigenvalue weighted by atomic mass is 9.94. The van der Waals surface area contributed by atoms with Gasteiger partial charge in [-0.1, -0.05) is 42.5 Å². The van der Waals surface area contributed by atoms with Crippen LogP contribution in [0, 0.1) is 0 Å². The van der Waals surface area contributed by atoms with Gasteiger partial charge in [-0.15, -0.1) is 0 Å². The van der Waals surface area contributed by atoms with Crippen LogP contribution in [0.15, 0.2) is 63.8 Å². The van der Waals surface area contributed by atoms with Crippen LogP contribution in [0.2, 0.25) is 0 Å². The van der Waals surface area contributed by atoms with E-state index < -0.39 is 17.1 Å². The molecule has 0 radical (unpaired) electrons. The highest BCUT2D eigenvalue weighted by atomic mass is 16.4. The zero-order valence-electron chi connectivity index (χ0n) is 12.8. The van der Waals surface area contributed by atoms with E-state index in [1.165, 1.54) is 0 Å². The first-order chi connectivity index (χ1) is 12.1. The molecular weight excluding hydrogens is 322 g/mol. The van der Waals surface area contributed by atoms with Crippen LogP contribution in [-0.4, -0.2) is 21.2 Å². The topological polar surface area (TPSA) is 101 Å². The van der Waals surface area contributed by atoms with Gasteiger partial charge in [0.15, 0.2) is 11.3 Å². The molecule has 4 rings (SSSR count). The van der Waals surface area contributed by atoms with E-state index >= 15 is 0 Å². The summed E-state index contributed by atoms with van der Waals surface area (Å²) in [5, 5.41) is 20.0. The fourth-order valence-corrected chi connectivity index (χ4v) is 2.84. The number of phenolic OH excluding ortho intramolecular Hbond substituents is 1. The Kier molecular flexibility index (Phi) is 3.25. The molecule has 122 valence electrons. The summed E-state index contributed by atoms with van der Waals surface area (Å²) in [6, 6.07) is 15.0. The van der Waals surface area contributed by atoms with E-state index in [1.807, 2.05) is 0 Å². The van der Waals surface area contributed by atoms with E-state index in [1.54, 1.807) is 54.6 Å². The Labute approximate surface area is 141 Å². The number of carbonyl (C=O) groups is 1. The maximum absolute atomic E-state index is 12.6. The standard InChI is InChI=1S/C19H11NO5/c21-16-13(10-6-2-1-3-7-10)14(19(23)24)15-18(17(16)22)25-12-9-5-4-8-11(12)20-15/h1-9,22H,(H,23,24). The molecule has 2 aromatic rings. The number of fused-ring (bicyclic) bond motifs is 2. The summed E-state index contributed by atoms with van der Waals surface area (Å²) < 4.78 is 5.56. The van der Waals surface area contributed by atoms with Gasteiger partial charge < -0.3 is 14.6 Å². The van der Waals surface area contributed by atoms with Crippen molar-refractivity contribution in [3.63, 3.8) is 0 Å². The molecule has 0 unspecified atom stereocenters. The van der Waals surface area contributed by atoms with E-state index in [4.69, 9.17) is 4.42 Å². The van der Waals surface area contributed by atoms with Crippen LogP contribution < -0.4 is 5.43 Å². The number of hydrogen-bond acceptors (Lipinski definition) is 5. The third-order valence-electron chi connectivity index (χ3n) is 3.94. The lowest BCUT2D eigenvalue weighted by molar-refractivity contribution is 0.0698. The average Bonchev–Trinajstić information content (AvgIpc) is 2.63. The normalized spacial score (nSPS) is 11.0. The van der Waals surface area contributed by atoms with Crippen LogP contribution >= 0.6 is 0 Å². The van der Waals surface area contributed by atoms with Gasteiger partial charge in [-0.25, -0.2) is 9.78 Å². The summed E-state index contributed by atoms with van der Waals surface area (Å²) in [5.41, 5.74) is -0.131. The van der Waals surface area contributed by atoms with Crippen LogP contribution in [-0.2, 0) is 0 Å². The molecule has 1 heterocycles. The number of phenols is 1. The molecule has 0 saturated carbocycles. The molecular formula is C19H11NO5. The predicted octanol–water partition coefficient (Wildman–Crippen LogP) is 3.36. The van der Waals surface area contributed by atoms with Crippen molar-refractivity contribution < 1.29 is 19.4 Å². The Bertz CT molecular complexity index is 1150. The highest BCUT2D eigenvalue weighted by molar-refractivity contribution is 6.03. The highest BCUT2D eigenvalue weighted by Crippen LogP contribution is 2.37. The molecule has 25 heavy (non-hydrogen) atoms. The van der Waals surface area contributed by atoms with Crippen LogP contribution in [0.5, 0.6) is 5.75 Å². The number of nitrogens with zero attached hydrogens (tertiary/aromatic N) is 1. The Balaban J connectivity index is 2.23. The van der Waals surface area contributed by atoms with Gasteiger partial charge in [0.1, 0.15) is 16.8 Å². The average molecular weight is 333 g/mol. The molecule has 1 aliphatic carbocycles. The van der Waals surface area contributed by atoms with Gasteiger partial charge in [0, 0.05) is 0 Å². The Morgan fingerprint density at radius 3 is 2.40 bits per heavy atom. The van der Waals surface area contributed by atoms with Crippen LogP contribution in [0.3, 0.4) is 0 Å². The Morgan fingerprint density at radius 2 is 1.68 bits per heavy atom. The fourth-order valence-electron chi connectivity index (χ4n) is 2.84. The molecule has 0 spiro atoms. The van der Waals surface area contributed by atoms with Crippen molar-refractivity contribution in [1.29, 1.82) is 0 Å². The zero-order valence-corrected chi connectivity index (χ0v) is 12.8. The number of hydrogen-bond donors (Lipinski definition) is 2. The van der Waals surface area contributed by atoms with Crippen LogP contribution in [0.1, 0.15) is 10.4 Å². The number of rotatable bonds is 2. The summed E-state index contributed by atoms with van der Waals surface area (Å²) in [6.07, 6.45) is 0. The minimum atomic E-state index is -1.32. The second kappa shape index (κ2) is 5.45. The molecule has 6 heteroatoms. The first-order valence-corrected chi connectivity index (χ1v) is 7.45. The predicted molar refractivity (Wildman–Crippen MR) is 91.0 cm³/mol. The number of carboxylic acid groups (broad SMARTS) is 1. The molecule has 0 aromatic heterocycles. The van der Waals surface area contributed by atoms with Crippen molar-refractivity contribution >= 4 is 17.1 Å². The largest absolute Gasteiger partial charge is 0.501 e. The summed E-state index contributed by atoms with van der Waals surface area (Å²) in [7, 11) is 0. The van der Waals surface area contributed by atoms with Gasteiger partial charge in [0.2, 0.25) is 11.2 Å². The number of para-hydroxylation sites is 2. The molecule has 0 saturated heterocycles. The third kappa shape index (κ3) is 2.23. The van der Waals surface area contributed by atoms with E-state index in [0.717, 1.165) is 0 Å². The summed E-state index contributed by atoms with van der Waals surface area (Å²) in [5.74, 6) is -2.21. The minimum Gasteiger partial charge on any atom is -0.501 e. The van der Waals surface area contributed by atoms with Crippen molar-refractivity contribution in [2.45, 2.75) is 0 Å². The maximum atomic E-state index is 12.6. The number of aromatic carboxylic acids is 1. The smallest absolute Gasteiger partial charge is 0.338 e. The molecule has 2 aliphatic rings. The lowest BCUT2D eigenvalue weighted by Crippen LogP contribution is -2.16. The molecule has 0 fully saturated rings. The number of aromatic hydroxyl groups is 1. The number of carboxylic acids is 1. The molecule has 2 N–H and O–H groups in total. The molecule has 0 bridgehead atoms. The van der Waals surface area contributed by atoms with E-state index in [9.17, 15) is 19.8 Å². The Morgan fingerprint density at radius 1 is 1.00 bits per heavy atom. The number of aromatic nitrogens is 1. The van der Waals surface area contributed by atoms with E-state index in [2.05, 4.69) is 4.98 Å². The second-order valence-electron chi connectivity index (χ2n) is 5.46. The van der Waals surface area contributed by atoms with Gasteiger partial charge >= 0.3 is 5.97 Å². The van der Waals surface area contributed by atoms with Crippen LogP contribution in [0.4, 0.5) is 0 Å². The van der Waals surface area contributed by atoms with E-state index in [-0.39, 0.29) is 22.6 Å². The van der Waals surface area contributed by atoms with Crippen molar-refractivity contribution in [3.8, 4) is 28.3 Å². The first-order valence-electron chi connectivity index (χ1n) is 7.45. The summed E-state index contributed by atoms with van der Waals surface area (Å²) in [6.45, 7) is 0. The van der Waals surface area contributed by atoms with Gasteiger partial charge in [0.05, 0.1) is 5.56 Å². The number of benzene rings is 3. The highest BCUT2D eigenvalue weighted by Gasteiger charge is 2.30. The zero-order chi connectivity index (χ0) is 17.6. The van der Waals surface area contributed by atoms with Gasteiger partial charge in [-0.3, -0.25) is 4.79 Å². The fraction of sp³-hybridized carbons (Fsp3) is 0. The van der Waals surface area contributed by atoms with Gasteiger partial charge in [-0.2, -0.15) is 0 Å². The van der Waals surface area contributed by atoms with Crippen molar-refractivity contribution in [2.75, 3.05) is 0 Å². The molecule has 1 aliphatic heterocycles. The van der Waals surface area contributed by atoms with Gasteiger partial charge in [0.25, 0.3) is 0 Å². The third-order valence-corrected chi connectivity index (χ3v) is 3.94. The summed E-state index contributed by atoms with van der Waals surface area (Å²) in [4.78, 5) is 28.9. The van der Waals surface area contributed by atoms with Crippen LogP contribution in [0.25, 0.3) is 33.7 Å². The maximum Gasteiger partial charge on any atom is 0.338 e. The summed E-state index contributed by atoms with van der Waals surface area (Å²) >= 11 is 0. The molecule has 0 atom stereocenters. The SMILES string of the molecule is O=C(O)c1c2nc3ccccc3oc-2c(O)c(=O)c1-c1ccccc1. The van der Waals surface area contributed by atoms with Gasteiger partial charge in [-0.05, 0) is 17.7 Å². The first kappa shape index (κ1) is 14.9. The lowest BCUT2D eigenvalue weighted by Gasteiger charge is -2.14. The minimum absolute atomic E-state index is 0.0675. The Hall–Kier alpha value is -3.67. The molecule has 0 amide bonds. The molecule has 6 nitrogen and oxygen atoms in total. The molecule has 2 aromatic carbocycles.